The Morgan fingerprint density at radius 2 is 1.85 bits per heavy atom. The van der Waals surface area contributed by atoms with Crippen LogP contribution in [0.15, 0.2) is 54.7 Å². The summed E-state index contributed by atoms with van der Waals surface area (Å²) in [6, 6.07) is 16.3. The molecule has 1 heterocycles. The van der Waals surface area contributed by atoms with E-state index in [-0.39, 0.29) is 0 Å². The number of aryl methyl sites for hydroxylation is 1. The maximum absolute atomic E-state index is 6.00. The zero-order chi connectivity index (χ0) is 13.9. The molecule has 0 saturated carbocycles. The van der Waals surface area contributed by atoms with E-state index in [9.17, 15) is 0 Å². The average molecular weight is 283 g/mol. The van der Waals surface area contributed by atoms with E-state index in [0.29, 0.717) is 5.02 Å². The van der Waals surface area contributed by atoms with Crippen molar-refractivity contribution in [3.05, 3.63) is 70.9 Å². The minimum atomic E-state index is 0.709. The molecule has 1 aromatic heterocycles. The number of nitrogens with one attached hydrogen (secondary N) is 1. The molecule has 3 heteroatoms. The molecule has 0 bridgehead atoms. The number of anilines is 1. The van der Waals surface area contributed by atoms with Gasteiger partial charge in [-0.15, -0.1) is 0 Å². The third-order valence-corrected chi connectivity index (χ3v) is 3.54. The van der Waals surface area contributed by atoms with Crippen LogP contribution in [0.5, 0.6) is 0 Å². The lowest BCUT2D eigenvalue weighted by Crippen LogP contribution is -2.00. The van der Waals surface area contributed by atoms with E-state index in [1.165, 1.54) is 11.1 Å². The van der Waals surface area contributed by atoms with Crippen LogP contribution in [-0.2, 0) is 6.54 Å². The van der Waals surface area contributed by atoms with Crippen molar-refractivity contribution in [3.8, 4) is 0 Å². The van der Waals surface area contributed by atoms with Crippen LogP contribution in [0, 0.1) is 6.92 Å². The fourth-order valence-corrected chi connectivity index (χ4v) is 2.34. The number of nitrogens with zero attached hydrogens (tertiary/aromatic N) is 1. The average Bonchev–Trinajstić information content (AvgIpc) is 2.46. The Labute approximate surface area is 123 Å². The second-order valence-corrected chi connectivity index (χ2v) is 5.30. The summed E-state index contributed by atoms with van der Waals surface area (Å²) in [4.78, 5) is 4.34. The van der Waals surface area contributed by atoms with Crippen LogP contribution in [0.3, 0.4) is 0 Å². The number of aromatic nitrogens is 1. The van der Waals surface area contributed by atoms with Gasteiger partial charge in [0.15, 0.2) is 0 Å². The second-order valence-electron chi connectivity index (χ2n) is 4.86. The van der Waals surface area contributed by atoms with Crippen LogP contribution in [0.2, 0.25) is 5.02 Å². The van der Waals surface area contributed by atoms with E-state index in [2.05, 4.69) is 41.5 Å². The zero-order valence-electron chi connectivity index (χ0n) is 11.2. The lowest BCUT2D eigenvalue weighted by Gasteiger charge is -2.10. The summed E-state index contributed by atoms with van der Waals surface area (Å²) in [7, 11) is 0. The van der Waals surface area contributed by atoms with E-state index in [0.717, 1.165) is 23.1 Å². The van der Waals surface area contributed by atoms with Gasteiger partial charge in [0.25, 0.3) is 0 Å². The Hall–Kier alpha value is -2.06. The van der Waals surface area contributed by atoms with Gasteiger partial charge in [-0.25, -0.2) is 0 Å². The Morgan fingerprint density at radius 3 is 2.65 bits per heavy atom. The number of hydrogen-bond acceptors (Lipinski definition) is 2. The van der Waals surface area contributed by atoms with Crippen LogP contribution in [0.25, 0.3) is 10.9 Å². The third kappa shape index (κ3) is 2.75. The van der Waals surface area contributed by atoms with Crippen molar-refractivity contribution >= 4 is 28.2 Å². The lowest BCUT2D eigenvalue weighted by molar-refractivity contribution is 1.15. The van der Waals surface area contributed by atoms with E-state index in [1.54, 1.807) is 6.20 Å². The molecular weight excluding hydrogens is 268 g/mol. The molecule has 0 saturated heterocycles. The number of halogens is 1. The molecule has 0 atom stereocenters. The largest absolute Gasteiger partial charge is 0.380 e. The fraction of sp³-hybridized carbons (Fsp3) is 0.118. The summed E-state index contributed by atoms with van der Waals surface area (Å²) < 4.78 is 0. The predicted octanol–water partition coefficient (Wildman–Crippen LogP) is 4.81. The molecule has 0 aliphatic rings. The number of benzene rings is 2. The standard InChI is InChI=1S/C17H15ClN2/c1-12-2-4-13(5-3-12)11-20-16-8-9-19-17-10-14(18)6-7-15(16)17/h2-10H,11H2,1H3,(H,19,20). The molecule has 0 unspecified atom stereocenters. The molecule has 0 radical (unpaired) electrons. The van der Waals surface area contributed by atoms with Crippen LogP contribution >= 0.6 is 11.6 Å². The van der Waals surface area contributed by atoms with Crippen molar-refractivity contribution in [2.24, 2.45) is 0 Å². The van der Waals surface area contributed by atoms with Gasteiger partial charge in [0.2, 0.25) is 0 Å². The van der Waals surface area contributed by atoms with Gasteiger partial charge < -0.3 is 5.32 Å². The van der Waals surface area contributed by atoms with Gasteiger partial charge in [0.05, 0.1) is 5.52 Å². The number of rotatable bonds is 3. The molecule has 1 N–H and O–H groups in total. The Balaban J connectivity index is 1.85. The van der Waals surface area contributed by atoms with Crippen LogP contribution in [0.4, 0.5) is 5.69 Å². The Bertz CT molecular complexity index is 736. The zero-order valence-corrected chi connectivity index (χ0v) is 12.0. The van der Waals surface area contributed by atoms with Crippen molar-refractivity contribution in [3.63, 3.8) is 0 Å². The van der Waals surface area contributed by atoms with Crippen molar-refractivity contribution < 1.29 is 0 Å². The SMILES string of the molecule is Cc1ccc(CNc2ccnc3cc(Cl)ccc23)cc1. The molecular formula is C17H15ClN2. The maximum atomic E-state index is 6.00. The van der Waals surface area contributed by atoms with Gasteiger partial charge >= 0.3 is 0 Å². The molecule has 0 fully saturated rings. The molecule has 100 valence electrons. The first-order valence-corrected chi connectivity index (χ1v) is 6.94. The molecule has 0 aliphatic carbocycles. The van der Waals surface area contributed by atoms with Gasteiger partial charge in [-0.2, -0.15) is 0 Å². The highest BCUT2D eigenvalue weighted by Gasteiger charge is 2.02. The number of fused-ring (bicyclic) bond motifs is 1. The third-order valence-electron chi connectivity index (χ3n) is 3.31. The number of pyridine rings is 1. The first kappa shape index (κ1) is 12.9. The summed E-state index contributed by atoms with van der Waals surface area (Å²) in [6.45, 7) is 2.89. The summed E-state index contributed by atoms with van der Waals surface area (Å²) in [5, 5.41) is 5.26. The van der Waals surface area contributed by atoms with Gasteiger partial charge in [-0.1, -0.05) is 41.4 Å². The second kappa shape index (κ2) is 5.51. The molecule has 0 spiro atoms. The van der Waals surface area contributed by atoms with Gasteiger partial charge in [0, 0.05) is 28.8 Å². The summed E-state index contributed by atoms with van der Waals surface area (Å²) in [5.74, 6) is 0. The van der Waals surface area contributed by atoms with E-state index in [4.69, 9.17) is 11.6 Å². The molecule has 2 nitrogen and oxygen atoms in total. The minimum absolute atomic E-state index is 0.709. The number of hydrogen-bond donors (Lipinski definition) is 1. The van der Waals surface area contributed by atoms with E-state index in [1.807, 2.05) is 24.3 Å². The van der Waals surface area contributed by atoms with Gasteiger partial charge in [-0.3, -0.25) is 4.98 Å². The van der Waals surface area contributed by atoms with Crippen molar-refractivity contribution in [1.82, 2.24) is 4.98 Å². The summed E-state index contributed by atoms with van der Waals surface area (Å²) in [6.07, 6.45) is 1.80. The van der Waals surface area contributed by atoms with Crippen molar-refractivity contribution in [1.29, 1.82) is 0 Å². The molecule has 3 aromatic rings. The van der Waals surface area contributed by atoms with Crippen LogP contribution in [-0.4, -0.2) is 4.98 Å². The summed E-state index contributed by atoms with van der Waals surface area (Å²) >= 11 is 6.00. The highest BCUT2D eigenvalue weighted by atomic mass is 35.5. The normalized spacial score (nSPS) is 10.7. The van der Waals surface area contributed by atoms with Gasteiger partial charge in [-0.05, 0) is 36.8 Å². The quantitative estimate of drug-likeness (QED) is 0.746. The molecule has 3 rings (SSSR count). The summed E-state index contributed by atoms with van der Waals surface area (Å²) in [5.41, 5.74) is 4.52. The molecule has 0 aliphatic heterocycles. The fourth-order valence-electron chi connectivity index (χ4n) is 2.18. The maximum Gasteiger partial charge on any atom is 0.0737 e. The Morgan fingerprint density at radius 1 is 1.05 bits per heavy atom. The topological polar surface area (TPSA) is 24.9 Å². The predicted molar refractivity (Wildman–Crippen MR) is 85.3 cm³/mol. The van der Waals surface area contributed by atoms with Crippen LogP contribution < -0.4 is 5.32 Å². The van der Waals surface area contributed by atoms with E-state index >= 15 is 0 Å². The lowest BCUT2D eigenvalue weighted by atomic mass is 10.1. The molecule has 0 amide bonds. The Kier molecular flexibility index (Phi) is 3.57. The van der Waals surface area contributed by atoms with Crippen molar-refractivity contribution in [2.75, 3.05) is 5.32 Å². The van der Waals surface area contributed by atoms with Crippen molar-refractivity contribution in [2.45, 2.75) is 13.5 Å². The minimum Gasteiger partial charge on any atom is -0.380 e. The first-order chi connectivity index (χ1) is 9.72. The highest BCUT2D eigenvalue weighted by Crippen LogP contribution is 2.24. The first-order valence-electron chi connectivity index (χ1n) is 6.56. The van der Waals surface area contributed by atoms with Crippen LogP contribution in [0.1, 0.15) is 11.1 Å². The monoisotopic (exact) mass is 282 g/mol. The molecule has 2 aromatic carbocycles. The smallest absolute Gasteiger partial charge is 0.0737 e. The van der Waals surface area contributed by atoms with E-state index < -0.39 is 0 Å². The molecule has 20 heavy (non-hydrogen) atoms. The highest BCUT2D eigenvalue weighted by molar-refractivity contribution is 6.31. The van der Waals surface area contributed by atoms with Gasteiger partial charge in [0.1, 0.15) is 0 Å².